The molecule has 1 saturated heterocycles. The molecule has 0 aromatic heterocycles. The van der Waals surface area contributed by atoms with Crippen LogP contribution in [0.4, 0.5) is 0 Å². The number of benzene rings is 1. The van der Waals surface area contributed by atoms with Crippen LogP contribution in [0.1, 0.15) is 30.9 Å². The van der Waals surface area contributed by atoms with E-state index in [1.807, 2.05) is 11.9 Å². The Morgan fingerprint density at radius 3 is 2.16 bits per heavy atom. The van der Waals surface area contributed by atoms with Crippen molar-refractivity contribution >= 4 is 15.9 Å². The molecular formula is C18H29N3O3S. The molecule has 1 aliphatic heterocycles. The van der Waals surface area contributed by atoms with E-state index >= 15 is 0 Å². The van der Waals surface area contributed by atoms with Crippen LogP contribution in [-0.4, -0.2) is 74.5 Å². The quantitative estimate of drug-likeness (QED) is 0.761. The Morgan fingerprint density at radius 1 is 1.12 bits per heavy atom. The van der Waals surface area contributed by atoms with Gasteiger partial charge in [-0.15, -0.1) is 0 Å². The van der Waals surface area contributed by atoms with Crippen molar-refractivity contribution in [3.8, 4) is 0 Å². The summed E-state index contributed by atoms with van der Waals surface area (Å²) in [6.07, 6.45) is 1.21. The highest BCUT2D eigenvalue weighted by Gasteiger charge is 2.26. The summed E-state index contributed by atoms with van der Waals surface area (Å²) in [5.74, 6) is 0.563. The molecule has 0 unspecified atom stereocenters. The van der Waals surface area contributed by atoms with Crippen LogP contribution in [0, 0.1) is 0 Å². The molecule has 1 aliphatic rings. The van der Waals surface area contributed by atoms with Crippen LogP contribution in [0.3, 0.4) is 0 Å². The lowest BCUT2D eigenvalue weighted by Gasteiger charge is -2.34. The molecule has 0 atom stereocenters. The molecule has 0 radical (unpaired) electrons. The molecule has 0 N–H and O–H groups in total. The Morgan fingerprint density at radius 2 is 1.68 bits per heavy atom. The lowest BCUT2D eigenvalue weighted by atomic mass is 10.0. The standard InChI is InChI=1S/C18H29N3O3S/c1-15(2)17-7-5-16(6-8-17)13-19(3)14-18(22)20-9-11-21(12-10-20)25(4,23)24/h5-8,15H,9-14H2,1-4H3. The number of likely N-dealkylation sites (N-methyl/N-ethyl adjacent to an activating group) is 1. The zero-order valence-corrected chi connectivity index (χ0v) is 16.4. The van der Waals surface area contributed by atoms with Crippen LogP contribution in [0.5, 0.6) is 0 Å². The van der Waals surface area contributed by atoms with E-state index < -0.39 is 10.0 Å². The first-order valence-electron chi connectivity index (χ1n) is 8.67. The van der Waals surface area contributed by atoms with Crippen molar-refractivity contribution in [3.63, 3.8) is 0 Å². The Kier molecular flexibility index (Phi) is 6.59. The van der Waals surface area contributed by atoms with Crippen molar-refractivity contribution < 1.29 is 13.2 Å². The molecule has 0 bridgehead atoms. The first kappa shape index (κ1) is 19.9. The SMILES string of the molecule is CC(C)c1ccc(CN(C)CC(=O)N2CCN(S(C)(=O)=O)CC2)cc1. The second-order valence-electron chi connectivity index (χ2n) is 7.11. The molecule has 1 heterocycles. The van der Waals surface area contributed by atoms with Crippen LogP contribution < -0.4 is 0 Å². The van der Waals surface area contributed by atoms with Crippen LogP contribution in [0.2, 0.25) is 0 Å². The molecular weight excluding hydrogens is 338 g/mol. The van der Waals surface area contributed by atoms with E-state index in [-0.39, 0.29) is 5.91 Å². The first-order chi connectivity index (χ1) is 11.7. The number of hydrogen-bond donors (Lipinski definition) is 0. The summed E-state index contributed by atoms with van der Waals surface area (Å²) < 4.78 is 24.5. The number of sulfonamides is 1. The lowest BCUT2D eigenvalue weighted by Crippen LogP contribution is -2.52. The van der Waals surface area contributed by atoms with Crippen molar-refractivity contribution in [2.24, 2.45) is 0 Å². The number of nitrogens with zero attached hydrogens (tertiary/aromatic N) is 3. The summed E-state index contributed by atoms with van der Waals surface area (Å²) in [5.41, 5.74) is 2.49. The van der Waals surface area contributed by atoms with Crippen LogP contribution in [0.25, 0.3) is 0 Å². The molecule has 25 heavy (non-hydrogen) atoms. The predicted octanol–water partition coefficient (Wildman–Crippen LogP) is 1.35. The van der Waals surface area contributed by atoms with Gasteiger partial charge >= 0.3 is 0 Å². The summed E-state index contributed by atoms with van der Waals surface area (Å²) in [6, 6.07) is 8.50. The second kappa shape index (κ2) is 8.29. The molecule has 7 heteroatoms. The van der Waals surface area contributed by atoms with Gasteiger partial charge in [-0.05, 0) is 24.1 Å². The predicted molar refractivity (Wildman–Crippen MR) is 99.9 cm³/mol. The third-order valence-electron chi connectivity index (χ3n) is 4.56. The van der Waals surface area contributed by atoms with Crippen molar-refractivity contribution in [1.29, 1.82) is 0 Å². The van der Waals surface area contributed by atoms with Gasteiger partial charge in [0.15, 0.2) is 0 Å². The molecule has 1 amide bonds. The van der Waals surface area contributed by atoms with Gasteiger partial charge in [-0.1, -0.05) is 38.1 Å². The summed E-state index contributed by atoms with van der Waals surface area (Å²) in [6.45, 7) is 7.08. The largest absolute Gasteiger partial charge is 0.339 e. The summed E-state index contributed by atoms with van der Waals surface area (Å²) in [4.78, 5) is 16.2. The van der Waals surface area contributed by atoms with E-state index in [1.54, 1.807) is 4.90 Å². The second-order valence-corrected chi connectivity index (χ2v) is 9.09. The minimum Gasteiger partial charge on any atom is -0.339 e. The van der Waals surface area contributed by atoms with Gasteiger partial charge in [0.2, 0.25) is 15.9 Å². The molecule has 6 nitrogen and oxygen atoms in total. The fourth-order valence-electron chi connectivity index (χ4n) is 2.98. The topological polar surface area (TPSA) is 60.9 Å². The molecule has 0 aliphatic carbocycles. The van der Waals surface area contributed by atoms with E-state index in [0.717, 1.165) is 0 Å². The zero-order chi connectivity index (χ0) is 18.6. The zero-order valence-electron chi connectivity index (χ0n) is 15.6. The van der Waals surface area contributed by atoms with Gasteiger partial charge in [-0.25, -0.2) is 8.42 Å². The summed E-state index contributed by atoms with van der Waals surface area (Å²) in [7, 11) is -1.23. The summed E-state index contributed by atoms with van der Waals surface area (Å²) in [5, 5.41) is 0. The molecule has 0 saturated carbocycles. The lowest BCUT2D eigenvalue weighted by molar-refractivity contribution is -0.133. The fraction of sp³-hybridized carbons (Fsp3) is 0.611. The average Bonchev–Trinajstić information content (AvgIpc) is 2.54. The number of piperazine rings is 1. The Labute approximate surface area is 151 Å². The van der Waals surface area contributed by atoms with Crippen molar-refractivity contribution in [2.45, 2.75) is 26.3 Å². The van der Waals surface area contributed by atoms with Crippen molar-refractivity contribution in [2.75, 3.05) is 46.0 Å². The monoisotopic (exact) mass is 367 g/mol. The molecule has 1 fully saturated rings. The van der Waals surface area contributed by atoms with Crippen molar-refractivity contribution in [3.05, 3.63) is 35.4 Å². The van der Waals surface area contributed by atoms with Gasteiger partial charge in [0.25, 0.3) is 0 Å². The summed E-state index contributed by atoms with van der Waals surface area (Å²) >= 11 is 0. The highest BCUT2D eigenvalue weighted by atomic mass is 32.2. The maximum absolute atomic E-state index is 12.4. The van der Waals surface area contributed by atoms with Gasteiger partial charge in [0, 0.05) is 32.7 Å². The number of carbonyl (C=O) groups is 1. The molecule has 0 spiro atoms. The van der Waals surface area contributed by atoms with E-state index in [2.05, 4.69) is 38.1 Å². The van der Waals surface area contributed by atoms with E-state index in [9.17, 15) is 13.2 Å². The Bertz CT molecular complexity index is 678. The van der Waals surface area contributed by atoms with Crippen LogP contribution in [-0.2, 0) is 21.4 Å². The molecule has 1 aromatic carbocycles. The Balaban J connectivity index is 1.82. The average molecular weight is 368 g/mol. The third kappa shape index (κ3) is 5.80. The third-order valence-corrected chi connectivity index (χ3v) is 5.87. The number of carbonyl (C=O) groups excluding carboxylic acids is 1. The number of hydrogen-bond acceptors (Lipinski definition) is 4. The van der Waals surface area contributed by atoms with Crippen LogP contribution >= 0.6 is 0 Å². The van der Waals surface area contributed by atoms with E-state index in [4.69, 9.17) is 0 Å². The highest BCUT2D eigenvalue weighted by molar-refractivity contribution is 7.88. The van der Waals surface area contributed by atoms with Gasteiger partial charge in [-0.2, -0.15) is 4.31 Å². The molecule has 1 aromatic rings. The minimum absolute atomic E-state index is 0.0504. The smallest absolute Gasteiger partial charge is 0.236 e. The number of amides is 1. The maximum atomic E-state index is 12.4. The van der Waals surface area contributed by atoms with Gasteiger partial charge < -0.3 is 4.90 Å². The fourth-order valence-corrected chi connectivity index (χ4v) is 3.80. The normalized spacial score (nSPS) is 16.6. The van der Waals surface area contributed by atoms with Crippen LogP contribution in [0.15, 0.2) is 24.3 Å². The minimum atomic E-state index is -3.16. The number of rotatable bonds is 6. The van der Waals surface area contributed by atoms with E-state index in [0.29, 0.717) is 45.2 Å². The maximum Gasteiger partial charge on any atom is 0.236 e. The van der Waals surface area contributed by atoms with Gasteiger partial charge in [0.05, 0.1) is 12.8 Å². The van der Waals surface area contributed by atoms with E-state index in [1.165, 1.54) is 21.7 Å². The first-order valence-corrected chi connectivity index (χ1v) is 10.5. The Hall–Kier alpha value is -1.44. The molecule has 2 rings (SSSR count). The van der Waals surface area contributed by atoms with Gasteiger partial charge in [0.1, 0.15) is 0 Å². The molecule has 140 valence electrons. The van der Waals surface area contributed by atoms with Gasteiger partial charge in [-0.3, -0.25) is 9.69 Å². The highest BCUT2D eigenvalue weighted by Crippen LogP contribution is 2.15. The van der Waals surface area contributed by atoms with Crippen molar-refractivity contribution in [1.82, 2.24) is 14.1 Å².